The quantitative estimate of drug-likeness (QED) is 0.207. The van der Waals surface area contributed by atoms with Crippen LogP contribution in [0.15, 0.2) is 59.7 Å². The van der Waals surface area contributed by atoms with Crippen LogP contribution in [0.1, 0.15) is 35.4 Å². The predicted molar refractivity (Wildman–Crippen MR) is 135 cm³/mol. The van der Waals surface area contributed by atoms with E-state index in [-0.39, 0.29) is 24.5 Å². The number of nitrogen functional groups attached to an aromatic ring is 1. The van der Waals surface area contributed by atoms with E-state index in [4.69, 9.17) is 35.3 Å². The lowest BCUT2D eigenvalue weighted by Gasteiger charge is -2.17. The first-order valence-electron chi connectivity index (χ1n) is 11.3. The molecule has 0 saturated heterocycles. The molecule has 4 aromatic rings. The van der Waals surface area contributed by atoms with Crippen LogP contribution in [0.5, 0.6) is 17.2 Å². The van der Waals surface area contributed by atoms with Crippen molar-refractivity contribution < 1.29 is 24.1 Å². The number of aliphatic carboxylic acids is 1. The third kappa shape index (κ3) is 5.78. The number of amidine groups is 1. The highest BCUT2D eigenvalue weighted by Gasteiger charge is 2.27. The zero-order chi connectivity index (χ0) is 27.2. The highest BCUT2D eigenvalue weighted by atomic mass is 16.7. The van der Waals surface area contributed by atoms with Crippen molar-refractivity contribution in [3.63, 3.8) is 0 Å². The maximum atomic E-state index is 12.7. The van der Waals surface area contributed by atoms with Crippen LogP contribution < -0.4 is 25.6 Å². The van der Waals surface area contributed by atoms with Crippen molar-refractivity contribution in [3.05, 3.63) is 87.9 Å². The third-order valence-corrected chi connectivity index (χ3v) is 5.49. The minimum atomic E-state index is -0.833. The van der Waals surface area contributed by atoms with Crippen LogP contribution in [-0.4, -0.2) is 55.5 Å². The van der Waals surface area contributed by atoms with Crippen LogP contribution in [0, 0.1) is 5.41 Å². The molecule has 0 bridgehead atoms. The van der Waals surface area contributed by atoms with Crippen LogP contribution in [0.4, 0.5) is 0 Å². The van der Waals surface area contributed by atoms with Crippen LogP contribution >= 0.6 is 0 Å². The molecule has 0 aliphatic carbocycles. The van der Waals surface area contributed by atoms with E-state index in [0.717, 1.165) is 22.7 Å². The van der Waals surface area contributed by atoms with Gasteiger partial charge in [0.15, 0.2) is 11.5 Å². The number of hydrogen-bond acceptors (Lipinski definition) is 9. The van der Waals surface area contributed by atoms with Gasteiger partial charge in [-0.1, -0.05) is 24.3 Å². The maximum Gasteiger partial charge on any atom is 0.350 e. The van der Waals surface area contributed by atoms with E-state index in [9.17, 15) is 4.79 Å². The number of H-pyrrole nitrogens is 1. The van der Waals surface area contributed by atoms with Gasteiger partial charge in [0.05, 0.1) is 7.11 Å². The number of benzene rings is 2. The Morgan fingerprint density at radius 3 is 2.55 bits per heavy atom. The van der Waals surface area contributed by atoms with Gasteiger partial charge >= 0.3 is 5.69 Å². The molecule has 0 spiro atoms. The maximum absolute atomic E-state index is 12.7. The number of nitrogens with zero attached hydrogens (tertiary/aromatic N) is 4. The van der Waals surface area contributed by atoms with Gasteiger partial charge in [-0.25, -0.2) is 14.8 Å². The van der Waals surface area contributed by atoms with Gasteiger partial charge in [0.2, 0.25) is 12.5 Å². The summed E-state index contributed by atoms with van der Waals surface area (Å²) in [6.45, 7) is 1.18. The molecule has 1 aliphatic rings. The Balaban J connectivity index is 0.000000786. The fourth-order valence-electron chi connectivity index (χ4n) is 3.81. The molecule has 1 aliphatic heterocycles. The van der Waals surface area contributed by atoms with Gasteiger partial charge in [-0.15, -0.1) is 9.78 Å². The second-order valence-corrected chi connectivity index (χ2v) is 8.12. The van der Waals surface area contributed by atoms with Crippen LogP contribution in [-0.2, 0) is 11.2 Å². The second kappa shape index (κ2) is 11.2. The largest absolute Gasteiger partial charge is 0.493 e. The lowest BCUT2D eigenvalue weighted by Crippen LogP contribution is -2.18. The lowest BCUT2D eigenvalue weighted by molar-refractivity contribution is -0.134. The summed E-state index contributed by atoms with van der Waals surface area (Å²) < 4.78 is 17.8. The van der Waals surface area contributed by atoms with Gasteiger partial charge in [-0.05, 0) is 35.7 Å². The molecule has 2 aromatic carbocycles. The summed E-state index contributed by atoms with van der Waals surface area (Å²) in [5.41, 5.74) is 7.53. The molecule has 196 valence electrons. The Kier molecular flexibility index (Phi) is 7.66. The zero-order valence-corrected chi connectivity index (χ0v) is 20.5. The first-order chi connectivity index (χ1) is 18.3. The van der Waals surface area contributed by atoms with E-state index in [2.05, 4.69) is 20.1 Å². The Hall–Kier alpha value is -5.20. The molecule has 1 unspecified atom stereocenters. The average Bonchev–Trinajstić information content (AvgIpc) is 3.53. The molecule has 0 amide bonds. The van der Waals surface area contributed by atoms with E-state index in [1.165, 1.54) is 0 Å². The van der Waals surface area contributed by atoms with E-state index in [0.29, 0.717) is 35.1 Å². The van der Waals surface area contributed by atoms with Gasteiger partial charge in [-0.2, -0.15) is 0 Å². The van der Waals surface area contributed by atoms with Gasteiger partial charge in [0.25, 0.3) is 11.9 Å². The number of nitrogens with two attached hydrogens (primary N) is 1. The normalized spacial score (nSPS) is 12.3. The summed E-state index contributed by atoms with van der Waals surface area (Å²) in [5, 5.41) is 19.5. The molecule has 13 nitrogen and oxygen atoms in total. The SMILES string of the molecule is CC(=O)O.COc1cc(C(Cc2ccc(C(=N)N)cc2)c2nn(-c3ncccn3)c(=O)[nH]2)cc2c1OCO2. The lowest BCUT2D eigenvalue weighted by atomic mass is 9.90. The van der Waals surface area contributed by atoms with Crippen molar-refractivity contribution in [3.8, 4) is 23.2 Å². The van der Waals surface area contributed by atoms with E-state index >= 15 is 0 Å². The Labute approximate surface area is 216 Å². The Morgan fingerprint density at radius 2 is 1.92 bits per heavy atom. The number of carbonyl (C=O) groups is 1. The van der Waals surface area contributed by atoms with Crippen molar-refractivity contribution in [2.45, 2.75) is 19.3 Å². The van der Waals surface area contributed by atoms with Crippen molar-refractivity contribution in [1.29, 1.82) is 5.41 Å². The number of rotatable bonds is 7. The summed E-state index contributed by atoms with van der Waals surface area (Å²) in [6.07, 6.45) is 3.57. The molecular weight excluding hydrogens is 494 g/mol. The highest BCUT2D eigenvalue weighted by Crippen LogP contribution is 2.44. The first-order valence-corrected chi connectivity index (χ1v) is 11.3. The van der Waals surface area contributed by atoms with Crippen molar-refractivity contribution in [1.82, 2.24) is 24.7 Å². The van der Waals surface area contributed by atoms with Crippen LogP contribution in [0.2, 0.25) is 0 Å². The number of hydrogen-bond donors (Lipinski definition) is 4. The first kappa shape index (κ1) is 25.9. The number of carboxylic acids is 1. The summed E-state index contributed by atoms with van der Waals surface area (Å²) in [7, 11) is 1.56. The van der Waals surface area contributed by atoms with E-state index in [1.54, 1.807) is 37.7 Å². The predicted octanol–water partition coefficient (Wildman–Crippen LogP) is 1.84. The topological polar surface area (TPSA) is 191 Å². The van der Waals surface area contributed by atoms with Gasteiger partial charge in [-0.3, -0.25) is 15.2 Å². The molecule has 0 fully saturated rings. The summed E-state index contributed by atoms with van der Waals surface area (Å²) >= 11 is 0. The van der Waals surface area contributed by atoms with Gasteiger partial charge < -0.3 is 25.1 Å². The molecule has 0 radical (unpaired) electrons. The summed E-state index contributed by atoms with van der Waals surface area (Å²) in [6, 6.07) is 12.7. The van der Waals surface area contributed by atoms with E-state index in [1.807, 2.05) is 24.3 Å². The molecule has 5 N–H and O–H groups in total. The number of aromatic nitrogens is 5. The molecule has 13 heteroatoms. The number of ether oxygens (including phenoxy) is 3. The minimum absolute atomic E-state index is 0.00505. The van der Waals surface area contributed by atoms with E-state index < -0.39 is 11.7 Å². The number of aromatic amines is 1. The fraction of sp³-hybridized carbons (Fsp3) is 0.200. The molecule has 5 rings (SSSR count). The standard InChI is InChI=1S/C23H21N7O4.C2H4O2/c1-32-17-10-15(11-18-19(17)34-12-33-18)16(9-13-3-5-14(6-4-13)20(24)25)21-28-23(31)30(29-21)22-26-7-2-8-27-22;1-2(3)4/h2-8,10-11,16H,9,12H2,1H3,(H3,24,25)(H,28,29,31);1H3,(H,3,4). The smallest absolute Gasteiger partial charge is 0.350 e. The van der Waals surface area contributed by atoms with Crippen molar-refractivity contribution in [2.24, 2.45) is 5.73 Å². The Morgan fingerprint density at radius 1 is 1.24 bits per heavy atom. The fourth-order valence-corrected chi connectivity index (χ4v) is 3.81. The molecule has 0 saturated carbocycles. The number of nitrogens with one attached hydrogen (secondary N) is 2. The molecule has 3 heterocycles. The third-order valence-electron chi connectivity index (χ3n) is 5.49. The minimum Gasteiger partial charge on any atom is -0.493 e. The van der Waals surface area contributed by atoms with Crippen molar-refractivity contribution in [2.75, 3.05) is 13.9 Å². The molecule has 1 atom stereocenters. The monoisotopic (exact) mass is 519 g/mol. The summed E-state index contributed by atoms with van der Waals surface area (Å²) in [5.74, 6) is 0.998. The van der Waals surface area contributed by atoms with Crippen LogP contribution in [0.3, 0.4) is 0 Å². The number of carboxylic acid groups (broad SMARTS) is 1. The highest BCUT2D eigenvalue weighted by molar-refractivity contribution is 5.94. The number of fused-ring (bicyclic) bond motifs is 1. The number of methoxy groups -OCH3 is 1. The average molecular weight is 520 g/mol. The van der Waals surface area contributed by atoms with Gasteiger partial charge in [0.1, 0.15) is 11.7 Å². The Bertz CT molecular complexity index is 1500. The van der Waals surface area contributed by atoms with Crippen LogP contribution in [0.25, 0.3) is 5.95 Å². The summed E-state index contributed by atoms with van der Waals surface area (Å²) in [4.78, 5) is 32.8. The molecule has 2 aromatic heterocycles. The second-order valence-electron chi connectivity index (χ2n) is 8.12. The molecule has 38 heavy (non-hydrogen) atoms. The van der Waals surface area contributed by atoms with Gasteiger partial charge in [0, 0.05) is 30.8 Å². The van der Waals surface area contributed by atoms with Crippen molar-refractivity contribution >= 4 is 11.8 Å². The zero-order valence-electron chi connectivity index (χ0n) is 20.5. The molecular formula is C25H25N7O6.